The molecule has 0 nitrogen and oxygen atoms in total. The molecule has 0 fully saturated rings. The van der Waals surface area contributed by atoms with Crippen molar-refractivity contribution in [1.82, 2.24) is 0 Å². The highest BCUT2D eigenvalue weighted by molar-refractivity contribution is 8.34. The zero-order valence-electron chi connectivity index (χ0n) is 18.1. The molecule has 6 aromatic carbocycles. The lowest BCUT2D eigenvalue weighted by atomic mass is 9.94. The highest BCUT2D eigenvalue weighted by Gasteiger charge is 2.43. The van der Waals surface area contributed by atoms with Crippen LogP contribution in [0.15, 0.2) is 153 Å². The van der Waals surface area contributed by atoms with E-state index in [1.807, 2.05) is 0 Å². The molecule has 0 aromatic heterocycles. The van der Waals surface area contributed by atoms with Crippen LogP contribution < -0.4 is 0 Å². The molecule has 7 rings (SSSR count). The Bertz CT molecular complexity index is 1520. The number of hydrogen-bond donors (Lipinski definition) is 0. The van der Waals surface area contributed by atoms with Gasteiger partial charge < -0.3 is 0 Å². The standard InChI is InChI=1S/C32H22S/c1-3-13-25(14-4-1)33(26-15-5-2-6-16-26)29-21-19-23-11-7-9-17-27(23)31(29)32-28-18-10-8-12-24(28)20-22-30(32)33/h1-22H. The van der Waals surface area contributed by atoms with E-state index in [9.17, 15) is 0 Å². The van der Waals surface area contributed by atoms with Gasteiger partial charge in [-0.05, 0) is 57.9 Å². The van der Waals surface area contributed by atoms with Crippen molar-refractivity contribution in [2.45, 2.75) is 19.6 Å². The molecule has 0 aliphatic carbocycles. The van der Waals surface area contributed by atoms with Gasteiger partial charge in [0.1, 0.15) is 0 Å². The van der Waals surface area contributed by atoms with Gasteiger partial charge in [-0.25, -0.2) is 0 Å². The van der Waals surface area contributed by atoms with Crippen LogP contribution in [0.3, 0.4) is 0 Å². The largest absolute Gasteiger partial charge is 0.132 e. The van der Waals surface area contributed by atoms with Crippen LogP contribution in [-0.2, 0) is 0 Å². The summed E-state index contributed by atoms with van der Waals surface area (Å²) in [6.45, 7) is 0. The second-order valence-corrected chi connectivity index (χ2v) is 11.6. The predicted octanol–water partition coefficient (Wildman–Crippen LogP) is 9.31. The van der Waals surface area contributed by atoms with Crippen LogP contribution >= 0.6 is 10.0 Å². The van der Waals surface area contributed by atoms with Gasteiger partial charge in [0.25, 0.3) is 0 Å². The molecule has 0 amide bonds. The Morgan fingerprint density at radius 1 is 0.333 bits per heavy atom. The van der Waals surface area contributed by atoms with Gasteiger partial charge in [-0.15, -0.1) is 10.0 Å². The maximum atomic E-state index is 2.40. The van der Waals surface area contributed by atoms with E-state index in [1.165, 1.54) is 52.3 Å². The number of fused-ring (bicyclic) bond motifs is 7. The minimum absolute atomic E-state index is 1.30. The van der Waals surface area contributed by atoms with Crippen molar-refractivity contribution >= 4 is 31.6 Å². The molecule has 0 unspecified atom stereocenters. The predicted molar refractivity (Wildman–Crippen MR) is 140 cm³/mol. The Balaban J connectivity index is 1.77. The van der Waals surface area contributed by atoms with E-state index in [0.717, 1.165) is 0 Å². The van der Waals surface area contributed by atoms with Crippen LogP contribution in [0.4, 0.5) is 0 Å². The number of benzene rings is 6. The van der Waals surface area contributed by atoms with Crippen molar-refractivity contribution in [1.29, 1.82) is 0 Å². The van der Waals surface area contributed by atoms with Gasteiger partial charge in [0, 0.05) is 30.7 Å². The van der Waals surface area contributed by atoms with E-state index in [0.29, 0.717) is 0 Å². The summed E-state index contributed by atoms with van der Waals surface area (Å²) in [7, 11) is -1.62. The minimum atomic E-state index is -1.62. The van der Waals surface area contributed by atoms with E-state index in [4.69, 9.17) is 0 Å². The molecule has 1 aliphatic rings. The molecule has 1 aliphatic heterocycles. The lowest BCUT2D eigenvalue weighted by molar-refractivity contribution is 1.29. The molecular formula is C32H22S. The van der Waals surface area contributed by atoms with Crippen LogP contribution in [0, 0.1) is 0 Å². The van der Waals surface area contributed by atoms with E-state index in [-0.39, 0.29) is 0 Å². The minimum Gasteiger partial charge on any atom is -0.132 e. The molecule has 0 saturated carbocycles. The molecule has 0 atom stereocenters. The fourth-order valence-corrected chi connectivity index (χ4v) is 9.78. The Kier molecular flexibility index (Phi) is 4.03. The Hall–Kier alpha value is -3.81. The van der Waals surface area contributed by atoms with Gasteiger partial charge in [0.2, 0.25) is 0 Å². The topological polar surface area (TPSA) is 0 Å². The molecule has 0 N–H and O–H groups in total. The van der Waals surface area contributed by atoms with Gasteiger partial charge in [-0.3, -0.25) is 0 Å². The average Bonchev–Trinajstić information content (AvgIpc) is 3.22. The second-order valence-electron chi connectivity index (χ2n) is 8.56. The van der Waals surface area contributed by atoms with Crippen molar-refractivity contribution in [2.75, 3.05) is 0 Å². The highest BCUT2D eigenvalue weighted by Crippen LogP contribution is 2.81. The molecule has 0 spiro atoms. The Morgan fingerprint density at radius 2 is 0.727 bits per heavy atom. The lowest BCUT2D eigenvalue weighted by Gasteiger charge is -2.39. The average molecular weight is 439 g/mol. The van der Waals surface area contributed by atoms with Crippen LogP contribution in [-0.4, -0.2) is 0 Å². The summed E-state index contributed by atoms with van der Waals surface area (Å²) in [5, 5.41) is 5.28. The fraction of sp³-hybridized carbons (Fsp3) is 0. The lowest BCUT2D eigenvalue weighted by Crippen LogP contribution is -2.01. The molecule has 1 heteroatoms. The molecule has 0 saturated heterocycles. The molecule has 0 bridgehead atoms. The van der Waals surface area contributed by atoms with E-state index in [2.05, 4.69) is 133 Å². The summed E-state index contributed by atoms with van der Waals surface area (Å²) in [6.07, 6.45) is 0. The summed E-state index contributed by atoms with van der Waals surface area (Å²) in [6, 6.07) is 49.4. The van der Waals surface area contributed by atoms with Crippen molar-refractivity contribution in [2.24, 2.45) is 0 Å². The van der Waals surface area contributed by atoms with Gasteiger partial charge in [-0.2, -0.15) is 0 Å². The first-order chi connectivity index (χ1) is 16.4. The Labute approximate surface area is 195 Å². The first-order valence-electron chi connectivity index (χ1n) is 11.4. The van der Waals surface area contributed by atoms with Gasteiger partial charge >= 0.3 is 0 Å². The van der Waals surface area contributed by atoms with Crippen LogP contribution in [0.2, 0.25) is 0 Å². The maximum absolute atomic E-state index is 2.40. The zero-order chi connectivity index (χ0) is 21.8. The second kappa shape index (κ2) is 7.10. The van der Waals surface area contributed by atoms with Crippen molar-refractivity contribution in [3.63, 3.8) is 0 Å². The van der Waals surface area contributed by atoms with E-state index in [1.54, 1.807) is 0 Å². The third-order valence-electron chi connectivity index (χ3n) is 6.88. The molecule has 156 valence electrons. The third-order valence-corrected chi connectivity index (χ3v) is 10.8. The zero-order valence-corrected chi connectivity index (χ0v) is 18.9. The molecule has 1 heterocycles. The summed E-state index contributed by atoms with van der Waals surface area (Å²) in [5.74, 6) is 0. The molecular weight excluding hydrogens is 416 g/mol. The smallest absolute Gasteiger partial charge is 0.0109 e. The quantitative estimate of drug-likeness (QED) is 0.252. The number of rotatable bonds is 2. The highest BCUT2D eigenvalue weighted by atomic mass is 32.3. The molecule has 6 aromatic rings. The monoisotopic (exact) mass is 438 g/mol. The van der Waals surface area contributed by atoms with Crippen LogP contribution in [0.25, 0.3) is 32.7 Å². The maximum Gasteiger partial charge on any atom is 0.0109 e. The third kappa shape index (κ3) is 2.49. The summed E-state index contributed by atoms with van der Waals surface area (Å²) >= 11 is 0. The molecule has 0 radical (unpaired) electrons. The van der Waals surface area contributed by atoms with E-state index >= 15 is 0 Å². The summed E-state index contributed by atoms with van der Waals surface area (Å²) in [4.78, 5) is 5.68. The first kappa shape index (κ1) is 18.7. The van der Waals surface area contributed by atoms with Crippen LogP contribution in [0.5, 0.6) is 0 Å². The fourth-order valence-electron chi connectivity index (χ4n) is 5.54. The van der Waals surface area contributed by atoms with Crippen LogP contribution in [0.1, 0.15) is 0 Å². The first-order valence-corrected chi connectivity index (χ1v) is 13.0. The molecule has 33 heavy (non-hydrogen) atoms. The normalized spacial score (nSPS) is 14.7. The number of hydrogen-bond acceptors (Lipinski definition) is 0. The van der Waals surface area contributed by atoms with Gasteiger partial charge in [0.15, 0.2) is 0 Å². The van der Waals surface area contributed by atoms with Crippen molar-refractivity contribution < 1.29 is 0 Å². The summed E-state index contributed by atoms with van der Waals surface area (Å²) < 4.78 is 0. The van der Waals surface area contributed by atoms with E-state index < -0.39 is 10.0 Å². The SMILES string of the molecule is c1ccc(S2(c3ccccc3)c3ccc4ccccc4c3-c3c2ccc2ccccc32)cc1. The van der Waals surface area contributed by atoms with Crippen molar-refractivity contribution in [3.05, 3.63) is 133 Å². The Morgan fingerprint density at radius 3 is 1.18 bits per heavy atom. The van der Waals surface area contributed by atoms with Gasteiger partial charge in [-0.1, -0.05) is 97.1 Å². The summed E-state index contributed by atoms with van der Waals surface area (Å²) in [5.41, 5.74) is 2.81. The van der Waals surface area contributed by atoms with Gasteiger partial charge in [0.05, 0.1) is 0 Å². The van der Waals surface area contributed by atoms with Crippen molar-refractivity contribution in [3.8, 4) is 11.1 Å².